The molecule has 0 saturated carbocycles. The van der Waals surface area contributed by atoms with Crippen LogP contribution in [0.2, 0.25) is 5.02 Å². The summed E-state index contributed by atoms with van der Waals surface area (Å²) in [5.41, 5.74) is 6.16. The molecule has 8 heteroatoms. The van der Waals surface area contributed by atoms with E-state index in [1.165, 1.54) is 11.1 Å². The number of anilines is 1. The highest BCUT2D eigenvalue weighted by atomic mass is 35.5. The van der Waals surface area contributed by atoms with Gasteiger partial charge in [0.1, 0.15) is 17.4 Å². The van der Waals surface area contributed by atoms with E-state index in [4.69, 9.17) is 16.6 Å². The molecule has 7 rings (SSSR count). The number of hydrogen-bond acceptors (Lipinski definition) is 5. The molecular formula is C29H22ClN5OS. The van der Waals surface area contributed by atoms with Gasteiger partial charge in [0.2, 0.25) is 5.91 Å². The van der Waals surface area contributed by atoms with E-state index < -0.39 is 0 Å². The number of fused-ring (bicyclic) bond motifs is 3. The van der Waals surface area contributed by atoms with E-state index in [0.29, 0.717) is 18.0 Å². The number of aliphatic imine (C=N–C) groups is 1. The number of amides is 1. The standard InChI is InChI=1S/C29H22ClN5OS/c1-16-33-34-24-15-31-27(20-9-2-3-10-22(20)30)21-14-19(37-29(21)35(16)24)8-4-6-18-13-12-17-7-5-11-23-25(17)26(18)28(36)32-23/h2-3,5,7,9-11,14,18,26H,6,12-13,15H2,1H3,(H,32,36). The van der Waals surface area contributed by atoms with Crippen LogP contribution in [0.1, 0.15) is 57.5 Å². The Hall–Kier alpha value is -3.73. The molecule has 0 spiro atoms. The van der Waals surface area contributed by atoms with Gasteiger partial charge >= 0.3 is 0 Å². The molecule has 37 heavy (non-hydrogen) atoms. The van der Waals surface area contributed by atoms with E-state index in [1.807, 2.05) is 43.3 Å². The van der Waals surface area contributed by atoms with Gasteiger partial charge in [-0.1, -0.05) is 53.8 Å². The SMILES string of the molecule is Cc1nnc2n1-c1sc(C#CCC3CCc4cccc5c4C3C(=O)N5)cc1C(c1ccccc1Cl)=NC2. The Kier molecular flexibility index (Phi) is 5.27. The molecule has 4 aromatic rings. The Labute approximate surface area is 223 Å². The highest BCUT2D eigenvalue weighted by molar-refractivity contribution is 7.15. The molecule has 2 aromatic heterocycles. The third-order valence-electron chi connectivity index (χ3n) is 7.45. The van der Waals surface area contributed by atoms with Crippen LogP contribution in [0.4, 0.5) is 5.69 Å². The van der Waals surface area contributed by atoms with Crippen LogP contribution in [0.5, 0.6) is 0 Å². The molecule has 0 bridgehead atoms. The largest absolute Gasteiger partial charge is 0.325 e. The van der Waals surface area contributed by atoms with Crippen molar-refractivity contribution in [3.8, 4) is 16.8 Å². The van der Waals surface area contributed by atoms with Gasteiger partial charge < -0.3 is 5.32 Å². The van der Waals surface area contributed by atoms with Gasteiger partial charge in [-0.15, -0.1) is 21.5 Å². The number of carbonyl (C=O) groups excluding carboxylic acids is 1. The molecule has 3 aliphatic rings. The van der Waals surface area contributed by atoms with Crippen LogP contribution >= 0.6 is 22.9 Å². The maximum Gasteiger partial charge on any atom is 0.232 e. The van der Waals surface area contributed by atoms with Crippen LogP contribution in [0, 0.1) is 24.7 Å². The normalized spacial score (nSPS) is 19.1. The summed E-state index contributed by atoms with van der Waals surface area (Å²) >= 11 is 8.19. The Balaban J connectivity index is 1.24. The van der Waals surface area contributed by atoms with Crippen LogP contribution in [0.15, 0.2) is 53.5 Å². The number of nitrogens with zero attached hydrogens (tertiary/aromatic N) is 4. The number of rotatable bonds is 2. The lowest BCUT2D eigenvalue weighted by atomic mass is 9.74. The van der Waals surface area contributed by atoms with Gasteiger partial charge in [0.25, 0.3) is 0 Å². The minimum absolute atomic E-state index is 0.101. The summed E-state index contributed by atoms with van der Waals surface area (Å²) in [7, 11) is 0. The molecule has 1 aliphatic carbocycles. The second-order valence-electron chi connectivity index (χ2n) is 9.62. The van der Waals surface area contributed by atoms with Crippen molar-refractivity contribution >= 4 is 40.2 Å². The van der Waals surface area contributed by atoms with E-state index in [-0.39, 0.29) is 17.7 Å². The Bertz CT molecular complexity index is 1690. The maximum atomic E-state index is 12.8. The van der Waals surface area contributed by atoms with Crippen molar-refractivity contribution in [2.24, 2.45) is 10.9 Å². The van der Waals surface area contributed by atoms with Gasteiger partial charge in [-0.05, 0) is 55.0 Å². The third kappa shape index (κ3) is 3.63. The topological polar surface area (TPSA) is 72.2 Å². The molecule has 2 unspecified atom stereocenters. The molecule has 2 aromatic carbocycles. The molecule has 1 amide bonds. The number of carbonyl (C=O) groups is 1. The number of hydrogen-bond donors (Lipinski definition) is 1. The first-order chi connectivity index (χ1) is 18.1. The summed E-state index contributed by atoms with van der Waals surface area (Å²) in [6.07, 6.45) is 2.63. The first-order valence-electron chi connectivity index (χ1n) is 12.3. The molecule has 2 atom stereocenters. The van der Waals surface area contributed by atoms with Gasteiger partial charge in [0, 0.05) is 28.3 Å². The summed E-state index contributed by atoms with van der Waals surface area (Å²) in [6.45, 7) is 2.38. The van der Waals surface area contributed by atoms with Crippen LogP contribution in [-0.4, -0.2) is 26.4 Å². The minimum Gasteiger partial charge on any atom is -0.325 e. The monoisotopic (exact) mass is 523 g/mol. The van der Waals surface area contributed by atoms with E-state index in [2.05, 4.69) is 44.1 Å². The lowest BCUT2D eigenvalue weighted by molar-refractivity contribution is -0.118. The molecule has 2 aliphatic heterocycles. The second-order valence-corrected chi connectivity index (χ2v) is 11.1. The first kappa shape index (κ1) is 22.5. The molecular weight excluding hydrogens is 502 g/mol. The van der Waals surface area contributed by atoms with Crippen molar-refractivity contribution in [2.45, 2.75) is 38.6 Å². The molecule has 4 heterocycles. The molecule has 0 radical (unpaired) electrons. The number of benzene rings is 2. The predicted molar refractivity (Wildman–Crippen MR) is 146 cm³/mol. The van der Waals surface area contributed by atoms with Gasteiger partial charge in [-0.2, -0.15) is 0 Å². The lowest BCUT2D eigenvalue weighted by Gasteiger charge is -2.27. The predicted octanol–water partition coefficient (Wildman–Crippen LogP) is 5.68. The second kappa shape index (κ2) is 8.69. The average Bonchev–Trinajstić information content (AvgIpc) is 3.55. The van der Waals surface area contributed by atoms with Crippen molar-refractivity contribution in [2.75, 3.05) is 5.32 Å². The third-order valence-corrected chi connectivity index (χ3v) is 8.81. The number of halogens is 1. The minimum atomic E-state index is -0.101. The molecule has 0 saturated heterocycles. The summed E-state index contributed by atoms with van der Waals surface area (Å²) in [4.78, 5) is 18.6. The Morgan fingerprint density at radius 2 is 2.05 bits per heavy atom. The zero-order chi connectivity index (χ0) is 25.1. The van der Waals surface area contributed by atoms with Crippen molar-refractivity contribution in [1.82, 2.24) is 14.8 Å². The average molecular weight is 524 g/mol. The highest BCUT2D eigenvalue weighted by Gasteiger charge is 2.40. The first-order valence-corrected chi connectivity index (χ1v) is 13.5. The van der Waals surface area contributed by atoms with Gasteiger partial charge in [0.05, 0.1) is 16.5 Å². The maximum absolute atomic E-state index is 12.8. The van der Waals surface area contributed by atoms with Crippen molar-refractivity contribution in [3.05, 3.63) is 92.3 Å². The van der Waals surface area contributed by atoms with Gasteiger partial charge in [0.15, 0.2) is 5.82 Å². The van der Waals surface area contributed by atoms with Crippen molar-refractivity contribution < 1.29 is 4.79 Å². The fourth-order valence-electron chi connectivity index (χ4n) is 5.77. The van der Waals surface area contributed by atoms with Crippen molar-refractivity contribution in [1.29, 1.82) is 0 Å². The quantitative estimate of drug-likeness (QED) is 0.343. The summed E-state index contributed by atoms with van der Waals surface area (Å²) in [6, 6.07) is 16.0. The lowest BCUT2D eigenvalue weighted by Crippen LogP contribution is -2.25. The van der Waals surface area contributed by atoms with Crippen LogP contribution in [0.25, 0.3) is 5.00 Å². The zero-order valence-corrected chi connectivity index (χ0v) is 21.7. The van der Waals surface area contributed by atoms with Gasteiger partial charge in [-0.3, -0.25) is 14.4 Å². The smallest absolute Gasteiger partial charge is 0.232 e. The molecule has 182 valence electrons. The van der Waals surface area contributed by atoms with Crippen molar-refractivity contribution in [3.63, 3.8) is 0 Å². The number of nitrogens with one attached hydrogen (secondary N) is 1. The van der Waals surface area contributed by atoms with Crippen LogP contribution < -0.4 is 5.32 Å². The molecule has 0 fully saturated rings. The van der Waals surface area contributed by atoms with E-state index in [0.717, 1.165) is 56.9 Å². The van der Waals surface area contributed by atoms with E-state index >= 15 is 0 Å². The van der Waals surface area contributed by atoms with Crippen LogP contribution in [-0.2, 0) is 17.8 Å². The van der Waals surface area contributed by atoms with Crippen LogP contribution in [0.3, 0.4) is 0 Å². The summed E-state index contributed by atoms with van der Waals surface area (Å²) < 4.78 is 2.07. The summed E-state index contributed by atoms with van der Waals surface area (Å²) in [5, 5.41) is 13.4. The number of aromatic nitrogens is 3. The molecule has 6 nitrogen and oxygen atoms in total. The number of aryl methyl sites for hydroxylation is 2. The number of thiophene rings is 1. The fourth-order valence-corrected chi connectivity index (χ4v) is 7.09. The zero-order valence-electron chi connectivity index (χ0n) is 20.1. The van der Waals surface area contributed by atoms with E-state index in [1.54, 1.807) is 11.3 Å². The fraction of sp³-hybridized carbons (Fsp3) is 0.241. The molecule has 1 N–H and O–H groups in total. The Morgan fingerprint density at radius 1 is 1.16 bits per heavy atom. The Morgan fingerprint density at radius 3 is 2.95 bits per heavy atom. The van der Waals surface area contributed by atoms with Gasteiger partial charge in [-0.25, -0.2) is 0 Å². The highest BCUT2D eigenvalue weighted by Crippen LogP contribution is 2.46. The summed E-state index contributed by atoms with van der Waals surface area (Å²) in [5.74, 6) is 8.63. The van der Waals surface area contributed by atoms with E-state index in [9.17, 15) is 4.79 Å².